The topological polar surface area (TPSA) is 70.6 Å². The molecule has 3 aromatic rings. The number of aromatic nitrogens is 2. The number of carbonyl (C=O) groups is 1. The zero-order chi connectivity index (χ0) is 23.6. The van der Waals surface area contributed by atoms with Gasteiger partial charge in [0.05, 0.1) is 10.3 Å². The number of rotatable bonds is 6. The third-order valence-electron chi connectivity index (χ3n) is 5.47. The van der Waals surface area contributed by atoms with Crippen molar-refractivity contribution in [3.63, 3.8) is 0 Å². The first-order valence-corrected chi connectivity index (χ1v) is 11.5. The van der Waals surface area contributed by atoms with Crippen LogP contribution in [0.2, 0.25) is 0 Å². The van der Waals surface area contributed by atoms with E-state index in [-0.39, 0.29) is 11.7 Å². The Morgan fingerprint density at radius 2 is 1.85 bits per heavy atom. The van der Waals surface area contributed by atoms with E-state index >= 15 is 0 Å². The summed E-state index contributed by atoms with van der Waals surface area (Å²) in [6.07, 6.45) is -2.12. The normalized spacial score (nSPS) is 15.1. The fourth-order valence-electron chi connectivity index (χ4n) is 3.94. The van der Waals surface area contributed by atoms with E-state index in [9.17, 15) is 18.0 Å². The smallest absolute Gasteiger partial charge is 0.406 e. The predicted molar refractivity (Wildman–Crippen MR) is 122 cm³/mol. The molecule has 0 spiro atoms. The number of piperazine rings is 1. The molecule has 0 aliphatic carbocycles. The maximum atomic E-state index is 12.9. The minimum Gasteiger partial charge on any atom is -0.406 e. The number of hydrogen-bond donors (Lipinski definition) is 1. The Kier molecular flexibility index (Phi) is 6.71. The molecule has 0 atom stereocenters. The van der Waals surface area contributed by atoms with Gasteiger partial charge in [0, 0.05) is 31.9 Å². The number of alkyl halides is 3. The van der Waals surface area contributed by atoms with Gasteiger partial charge in [0.15, 0.2) is 0 Å². The van der Waals surface area contributed by atoms with Gasteiger partial charge in [0.25, 0.3) is 5.91 Å². The maximum Gasteiger partial charge on any atom is 0.573 e. The largest absolute Gasteiger partial charge is 0.573 e. The second kappa shape index (κ2) is 9.52. The standard InChI is InChI=1S/C22H24F3N5O2S/c1-3-8-29-9-11-30(12-10-29)19-17-14(2)18(33-21(17)27-13-26-19)20(31)28-15-4-6-16(7-5-15)32-22(23,24)25/h4-7,13H,3,8-12H2,1-2H3,(H,28,31). The number of amides is 1. The Bertz CT molecular complexity index is 1130. The van der Waals surface area contributed by atoms with Crippen LogP contribution in [0.3, 0.4) is 0 Å². The summed E-state index contributed by atoms with van der Waals surface area (Å²) < 4.78 is 40.9. The van der Waals surface area contributed by atoms with Gasteiger partial charge in [-0.2, -0.15) is 0 Å². The van der Waals surface area contributed by atoms with Crippen LogP contribution in [0.5, 0.6) is 5.75 Å². The van der Waals surface area contributed by atoms with Gasteiger partial charge in [0.1, 0.15) is 22.7 Å². The molecule has 0 saturated carbocycles. The molecular formula is C22H24F3N5O2S. The molecule has 1 saturated heterocycles. The van der Waals surface area contributed by atoms with Crippen molar-refractivity contribution in [2.24, 2.45) is 0 Å². The van der Waals surface area contributed by atoms with Crippen LogP contribution in [0.25, 0.3) is 10.2 Å². The molecule has 0 unspecified atom stereocenters. The quantitative estimate of drug-likeness (QED) is 0.554. The zero-order valence-electron chi connectivity index (χ0n) is 18.3. The summed E-state index contributed by atoms with van der Waals surface area (Å²) >= 11 is 1.28. The van der Waals surface area contributed by atoms with Crippen molar-refractivity contribution < 1.29 is 22.7 Å². The lowest BCUT2D eigenvalue weighted by atomic mass is 10.1. The Balaban J connectivity index is 1.52. The van der Waals surface area contributed by atoms with Gasteiger partial charge in [-0.1, -0.05) is 6.92 Å². The number of thiophene rings is 1. The number of halogens is 3. The van der Waals surface area contributed by atoms with E-state index in [0.29, 0.717) is 10.6 Å². The number of aryl methyl sites for hydroxylation is 1. The summed E-state index contributed by atoms with van der Waals surface area (Å²) in [5.74, 6) is 0.133. The van der Waals surface area contributed by atoms with Crippen LogP contribution in [-0.4, -0.2) is 59.9 Å². The summed E-state index contributed by atoms with van der Waals surface area (Å²) in [7, 11) is 0. The van der Waals surface area contributed by atoms with Crippen molar-refractivity contribution in [1.29, 1.82) is 0 Å². The molecular weight excluding hydrogens is 455 g/mol. The lowest BCUT2D eigenvalue weighted by Gasteiger charge is -2.35. The molecule has 1 amide bonds. The van der Waals surface area contributed by atoms with E-state index in [1.165, 1.54) is 29.8 Å². The molecule has 7 nitrogen and oxygen atoms in total. The Morgan fingerprint density at radius 3 is 2.48 bits per heavy atom. The van der Waals surface area contributed by atoms with Gasteiger partial charge in [-0.25, -0.2) is 9.97 Å². The van der Waals surface area contributed by atoms with Crippen LogP contribution in [0.4, 0.5) is 24.7 Å². The Labute approximate surface area is 193 Å². The van der Waals surface area contributed by atoms with Crippen LogP contribution in [0.1, 0.15) is 28.6 Å². The van der Waals surface area contributed by atoms with E-state index in [1.807, 2.05) is 6.92 Å². The molecule has 1 aliphatic rings. The molecule has 1 aromatic carbocycles. The van der Waals surface area contributed by atoms with Gasteiger partial charge >= 0.3 is 6.36 Å². The molecule has 1 N–H and O–H groups in total. The van der Waals surface area contributed by atoms with Crippen molar-refractivity contribution in [2.75, 3.05) is 42.9 Å². The van der Waals surface area contributed by atoms with Crippen LogP contribution in [0.15, 0.2) is 30.6 Å². The van der Waals surface area contributed by atoms with Crippen LogP contribution in [-0.2, 0) is 0 Å². The van der Waals surface area contributed by atoms with E-state index in [1.54, 1.807) is 0 Å². The fraction of sp³-hybridized carbons (Fsp3) is 0.409. The van der Waals surface area contributed by atoms with Gasteiger partial charge in [-0.15, -0.1) is 24.5 Å². The molecule has 33 heavy (non-hydrogen) atoms. The first-order chi connectivity index (χ1) is 15.7. The van der Waals surface area contributed by atoms with Crippen LogP contribution < -0.4 is 15.0 Å². The van der Waals surface area contributed by atoms with E-state index in [4.69, 9.17) is 0 Å². The molecule has 2 aromatic heterocycles. The van der Waals surface area contributed by atoms with Crippen LogP contribution >= 0.6 is 11.3 Å². The fourth-order valence-corrected chi connectivity index (χ4v) is 4.98. The van der Waals surface area contributed by atoms with Crippen molar-refractivity contribution >= 4 is 39.0 Å². The van der Waals surface area contributed by atoms with E-state index < -0.39 is 6.36 Å². The first-order valence-electron chi connectivity index (χ1n) is 10.6. The Hall–Kier alpha value is -2.92. The van der Waals surface area contributed by atoms with Crippen molar-refractivity contribution in [2.45, 2.75) is 26.6 Å². The highest BCUT2D eigenvalue weighted by Gasteiger charge is 2.31. The average Bonchev–Trinajstić information content (AvgIpc) is 3.12. The summed E-state index contributed by atoms with van der Waals surface area (Å²) in [5.41, 5.74) is 1.15. The monoisotopic (exact) mass is 479 g/mol. The second-order valence-electron chi connectivity index (χ2n) is 7.79. The lowest BCUT2D eigenvalue weighted by molar-refractivity contribution is -0.274. The summed E-state index contributed by atoms with van der Waals surface area (Å²) in [4.78, 5) is 27.7. The summed E-state index contributed by atoms with van der Waals surface area (Å²) in [6.45, 7) is 8.76. The molecule has 1 aliphatic heterocycles. The third-order valence-corrected chi connectivity index (χ3v) is 6.67. The van der Waals surface area contributed by atoms with Crippen molar-refractivity contribution in [3.8, 4) is 5.75 Å². The van der Waals surface area contributed by atoms with Crippen molar-refractivity contribution in [1.82, 2.24) is 14.9 Å². The number of benzene rings is 1. The summed E-state index contributed by atoms with van der Waals surface area (Å²) in [6, 6.07) is 5.04. The molecule has 176 valence electrons. The molecule has 11 heteroatoms. The number of anilines is 2. The highest BCUT2D eigenvalue weighted by atomic mass is 32.1. The van der Waals surface area contributed by atoms with E-state index in [2.05, 4.69) is 36.7 Å². The first kappa shape index (κ1) is 23.2. The minimum atomic E-state index is -4.76. The molecule has 3 heterocycles. The van der Waals surface area contributed by atoms with Gasteiger partial charge in [-0.3, -0.25) is 9.69 Å². The second-order valence-corrected chi connectivity index (χ2v) is 8.79. The SMILES string of the molecule is CCCN1CCN(c2ncnc3sc(C(=O)Nc4ccc(OC(F)(F)F)cc4)c(C)c23)CC1. The van der Waals surface area contributed by atoms with E-state index in [0.717, 1.165) is 72.9 Å². The molecule has 0 radical (unpaired) electrons. The van der Waals surface area contributed by atoms with Gasteiger partial charge < -0.3 is 15.0 Å². The number of fused-ring (bicyclic) bond motifs is 1. The highest BCUT2D eigenvalue weighted by Crippen LogP contribution is 2.35. The maximum absolute atomic E-state index is 12.9. The summed E-state index contributed by atoms with van der Waals surface area (Å²) in [5, 5.41) is 3.60. The minimum absolute atomic E-state index is 0.348. The number of carbonyl (C=O) groups excluding carboxylic acids is 1. The molecule has 1 fully saturated rings. The third kappa shape index (κ3) is 5.36. The number of nitrogens with one attached hydrogen (secondary N) is 1. The number of nitrogens with zero attached hydrogens (tertiary/aromatic N) is 4. The van der Waals surface area contributed by atoms with Crippen LogP contribution in [0, 0.1) is 6.92 Å². The lowest BCUT2D eigenvalue weighted by Crippen LogP contribution is -2.46. The Morgan fingerprint density at radius 1 is 1.15 bits per heavy atom. The van der Waals surface area contributed by atoms with Crippen molar-refractivity contribution in [3.05, 3.63) is 41.0 Å². The highest BCUT2D eigenvalue weighted by molar-refractivity contribution is 7.20. The van der Waals surface area contributed by atoms with Gasteiger partial charge in [0.2, 0.25) is 0 Å². The zero-order valence-corrected chi connectivity index (χ0v) is 19.1. The predicted octanol–water partition coefficient (Wildman–Crippen LogP) is 4.68. The molecule has 0 bridgehead atoms. The van der Waals surface area contributed by atoms with Gasteiger partial charge in [-0.05, 0) is 49.7 Å². The number of hydrogen-bond acceptors (Lipinski definition) is 7. The number of ether oxygens (including phenoxy) is 1. The average molecular weight is 480 g/mol. The molecule has 4 rings (SSSR count).